The third-order valence-corrected chi connectivity index (χ3v) is 3.37. The molecule has 0 fully saturated rings. The van der Waals surface area contributed by atoms with Crippen molar-refractivity contribution in [3.05, 3.63) is 57.8 Å². The summed E-state index contributed by atoms with van der Waals surface area (Å²) in [5.74, 6) is 0. The minimum absolute atomic E-state index is 1.09. The Morgan fingerprint density at radius 3 is 2.40 bits per heavy atom. The van der Waals surface area contributed by atoms with E-state index in [0.717, 1.165) is 5.71 Å². The summed E-state index contributed by atoms with van der Waals surface area (Å²) in [6.45, 7) is 2.12. The minimum atomic E-state index is 1.09. The molecular weight excluding hydrogens is 202 g/mol. The highest BCUT2D eigenvalue weighted by atomic mass is 32.1. The van der Waals surface area contributed by atoms with Gasteiger partial charge < -0.3 is 0 Å². The molecule has 0 bridgehead atoms. The van der Waals surface area contributed by atoms with Crippen LogP contribution in [0.1, 0.15) is 16.0 Å². The van der Waals surface area contributed by atoms with E-state index in [4.69, 9.17) is 0 Å². The molecule has 1 nitrogen and oxygen atoms in total. The van der Waals surface area contributed by atoms with E-state index in [9.17, 15) is 0 Å². The highest BCUT2D eigenvalue weighted by Crippen LogP contribution is 2.20. The lowest BCUT2D eigenvalue weighted by Crippen LogP contribution is -2.01. The monoisotopic (exact) mass is 215 g/mol. The van der Waals surface area contributed by atoms with Crippen molar-refractivity contribution in [2.75, 3.05) is 7.05 Å². The van der Waals surface area contributed by atoms with Crippen LogP contribution in [-0.2, 0) is 0 Å². The largest absolute Gasteiger partial charge is 0.287 e. The van der Waals surface area contributed by atoms with E-state index in [0.29, 0.717) is 0 Å². The average Bonchev–Trinajstić information content (AvgIpc) is 2.68. The molecule has 0 saturated heterocycles. The maximum Gasteiger partial charge on any atom is 0.0817 e. The van der Waals surface area contributed by atoms with Gasteiger partial charge in [0, 0.05) is 12.6 Å². The van der Waals surface area contributed by atoms with Crippen molar-refractivity contribution in [1.82, 2.24) is 0 Å². The Morgan fingerprint density at radius 1 is 1.13 bits per heavy atom. The predicted molar refractivity (Wildman–Crippen MR) is 67.1 cm³/mol. The van der Waals surface area contributed by atoms with Gasteiger partial charge in [-0.1, -0.05) is 30.3 Å². The number of thiophene rings is 1. The SMILES string of the molecule is CN=C(c1ccccc1)c1sccc1C. The quantitative estimate of drug-likeness (QED) is 0.680. The van der Waals surface area contributed by atoms with Crippen LogP contribution in [0.2, 0.25) is 0 Å². The van der Waals surface area contributed by atoms with Crippen molar-refractivity contribution < 1.29 is 0 Å². The number of aryl methyl sites for hydroxylation is 1. The van der Waals surface area contributed by atoms with Gasteiger partial charge in [-0.15, -0.1) is 11.3 Å². The molecule has 76 valence electrons. The summed E-state index contributed by atoms with van der Waals surface area (Å²) < 4.78 is 0. The van der Waals surface area contributed by atoms with Crippen molar-refractivity contribution in [3.63, 3.8) is 0 Å². The van der Waals surface area contributed by atoms with Gasteiger partial charge in [0.1, 0.15) is 0 Å². The zero-order chi connectivity index (χ0) is 10.7. The second-order valence-electron chi connectivity index (χ2n) is 3.37. The van der Waals surface area contributed by atoms with Crippen LogP contribution in [0, 0.1) is 6.92 Å². The minimum Gasteiger partial charge on any atom is -0.287 e. The van der Waals surface area contributed by atoms with Crippen molar-refractivity contribution in [1.29, 1.82) is 0 Å². The van der Waals surface area contributed by atoms with Crippen molar-refractivity contribution in [2.24, 2.45) is 4.99 Å². The Morgan fingerprint density at radius 2 is 1.87 bits per heavy atom. The lowest BCUT2D eigenvalue weighted by molar-refractivity contribution is 1.41. The molecule has 0 aliphatic carbocycles. The van der Waals surface area contributed by atoms with E-state index in [1.54, 1.807) is 11.3 Å². The molecule has 0 atom stereocenters. The lowest BCUT2D eigenvalue weighted by Gasteiger charge is -2.04. The summed E-state index contributed by atoms with van der Waals surface area (Å²) in [4.78, 5) is 5.66. The summed E-state index contributed by atoms with van der Waals surface area (Å²) in [5, 5.41) is 2.11. The third-order valence-electron chi connectivity index (χ3n) is 2.35. The molecule has 2 rings (SSSR count). The molecule has 1 heterocycles. The van der Waals surface area contributed by atoms with Crippen molar-refractivity contribution in [3.8, 4) is 0 Å². The first-order valence-corrected chi connectivity index (χ1v) is 5.77. The second kappa shape index (κ2) is 4.41. The molecule has 2 aromatic rings. The molecule has 0 N–H and O–H groups in total. The predicted octanol–water partition coefficient (Wildman–Crippen LogP) is 3.52. The lowest BCUT2D eigenvalue weighted by atomic mass is 10.1. The molecule has 15 heavy (non-hydrogen) atoms. The molecule has 0 amide bonds. The Labute approximate surface area is 94.1 Å². The van der Waals surface area contributed by atoms with Gasteiger partial charge in [0.15, 0.2) is 0 Å². The van der Waals surface area contributed by atoms with Gasteiger partial charge in [0.2, 0.25) is 0 Å². The summed E-state index contributed by atoms with van der Waals surface area (Å²) in [5.41, 5.74) is 3.57. The molecule has 1 aromatic carbocycles. The first kappa shape index (κ1) is 10.1. The number of rotatable bonds is 2. The van der Waals surface area contributed by atoms with E-state index in [1.807, 2.05) is 25.2 Å². The number of benzene rings is 1. The highest BCUT2D eigenvalue weighted by Gasteiger charge is 2.09. The van der Waals surface area contributed by atoms with Gasteiger partial charge in [-0.25, -0.2) is 0 Å². The van der Waals surface area contributed by atoms with Crippen LogP contribution in [-0.4, -0.2) is 12.8 Å². The van der Waals surface area contributed by atoms with Gasteiger partial charge in [-0.3, -0.25) is 4.99 Å². The average molecular weight is 215 g/mol. The van der Waals surface area contributed by atoms with Gasteiger partial charge in [0.25, 0.3) is 0 Å². The zero-order valence-electron chi connectivity index (χ0n) is 8.90. The van der Waals surface area contributed by atoms with E-state index in [1.165, 1.54) is 16.0 Å². The summed E-state index contributed by atoms with van der Waals surface area (Å²) in [6, 6.07) is 12.4. The Kier molecular flexibility index (Phi) is 2.97. The smallest absolute Gasteiger partial charge is 0.0817 e. The number of aliphatic imine (C=N–C) groups is 1. The van der Waals surface area contributed by atoms with E-state index in [-0.39, 0.29) is 0 Å². The second-order valence-corrected chi connectivity index (χ2v) is 4.29. The van der Waals surface area contributed by atoms with Crippen LogP contribution in [0.15, 0.2) is 46.8 Å². The summed E-state index contributed by atoms with van der Waals surface area (Å²) in [6.07, 6.45) is 0. The zero-order valence-corrected chi connectivity index (χ0v) is 9.71. The first-order chi connectivity index (χ1) is 7.33. The number of hydrogen-bond acceptors (Lipinski definition) is 2. The molecule has 0 aliphatic heterocycles. The van der Waals surface area contributed by atoms with Crippen LogP contribution in [0.4, 0.5) is 0 Å². The number of nitrogens with zero attached hydrogens (tertiary/aromatic N) is 1. The molecule has 1 aromatic heterocycles. The van der Waals surface area contributed by atoms with Crippen LogP contribution in [0.3, 0.4) is 0 Å². The molecule has 0 unspecified atom stereocenters. The molecule has 0 radical (unpaired) electrons. The molecule has 0 saturated carbocycles. The van der Waals surface area contributed by atoms with E-state index in [2.05, 4.69) is 35.5 Å². The fourth-order valence-corrected chi connectivity index (χ4v) is 2.56. The van der Waals surface area contributed by atoms with Crippen LogP contribution in [0.25, 0.3) is 0 Å². The molecule has 0 aliphatic rings. The highest BCUT2D eigenvalue weighted by molar-refractivity contribution is 7.12. The molecule has 2 heteroatoms. The first-order valence-electron chi connectivity index (χ1n) is 4.89. The normalized spacial score (nSPS) is 11.7. The molecule has 0 spiro atoms. The van der Waals surface area contributed by atoms with Crippen molar-refractivity contribution in [2.45, 2.75) is 6.92 Å². The maximum atomic E-state index is 4.39. The third kappa shape index (κ3) is 2.00. The summed E-state index contributed by atoms with van der Waals surface area (Å²) in [7, 11) is 1.85. The Balaban J connectivity index is 2.48. The van der Waals surface area contributed by atoms with E-state index < -0.39 is 0 Å². The Hall–Kier alpha value is -1.41. The fourth-order valence-electron chi connectivity index (χ4n) is 1.57. The maximum absolute atomic E-state index is 4.39. The van der Waals surface area contributed by atoms with Gasteiger partial charge >= 0.3 is 0 Å². The standard InChI is InChI=1S/C13H13NS/c1-10-8-9-15-13(10)12(14-2)11-6-4-3-5-7-11/h3-9H,1-2H3. The van der Waals surface area contributed by atoms with Crippen molar-refractivity contribution >= 4 is 17.0 Å². The van der Waals surface area contributed by atoms with E-state index >= 15 is 0 Å². The van der Waals surface area contributed by atoms with Gasteiger partial charge in [-0.05, 0) is 23.9 Å². The molecular formula is C13H13NS. The number of hydrogen-bond donors (Lipinski definition) is 0. The van der Waals surface area contributed by atoms with Crippen LogP contribution < -0.4 is 0 Å². The van der Waals surface area contributed by atoms with Crippen LogP contribution in [0.5, 0.6) is 0 Å². The van der Waals surface area contributed by atoms with Crippen LogP contribution >= 0.6 is 11.3 Å². The topological polar surface area (TPSA) is 12.4 Å². The Bertz CT molecular complexity index is 468. The fraction of sp³-hybridized carbons (Fsp3) is 0.154. The van der Waals surface area contributed by atoms with Gasteiger partial charge in [0.05, 0.1) is 10.6 Å². The van der Waals surface area contributed by atoms with Gasteiger partial charge in [-0.2, -0.15) is 0 Å². The summed E-state index contributed by atoms with van der Waals surface area (Å²) >= 11 is 1.75.